The van der Waals surface area contributed by atoms with Crippen molar-refractivity contribution < 1.29 is 4.39 Å². The van der Waals surface area contributed by atoms with Gasteiger partial charge in [-0.05, 0) is 26.0 Å². The molecule has 0 aliphatic rings. The fourth-order valence-electron chi connectivity index (χ4n) is 1.05. The molecule has 0 fully saturated rings. The molecule has 2 heteroatoms. The van der Waals surface area contributed by atoms with Crippen molar-refractivity contribution in [1.82, 2.24) is 0 Å². The highest BCUT2D eigenvalue weighted by Crippen LogP contribution is 2.17. The quantitative estimate of drug-likeness (QED) is 0.703. The Labute approximate surface area is 78.3 Å². The molecule has 1 aromatic rings. The monoisotopic (exact) mass is 179 g/mol. The summed E-state index contributed by atoms with van der Waals surface area (Å²) in [5, 5.41) is 3.11. The number of benzene rings is 1. The van der Waals surface area contributed by atoms with Crippen LogP contribution in [-0.2, 0) is 0 Å². The maximum absolute atomic E-state index is 13.0. The lowest BCUT2D eigenvalue weighted by molar-refractivity contribution is 0.619. The Morgan fingerprint density at radius 2 is 2.23 bits per heavy atom. The van der Waals surface area contributed by atoms with Crippen LogP contribution < -0.4 is 5.32 Å². The molecule has 0 saturated heterocycles. The van der Waals surface area contributed by atoms with Crippen LogP contribution in [-0.4, -0.2) is 6.54 Å². The van der Waals surface area contributed by atoms with Crippen molar-refractivity contribution in [2.75, 3.05) is 11.9 Å². The summed E-state index contributed by atoms with van der Waals surface area (Å²) in [4.78, 5) is 0. The zero-order valence-electron chi connectivity index (χ0n) is 8.02. The molecule has 0 aliphatic carbocycles. The van der Waals surface area contributed by atoms with Gasteiger partial charge in [-0.3, -0.25) is 0 Å². The van der Waals surface area contributed by atoms with E-state index in [1.807, 2.05) is 13.0 Å². The van der Waals surface area contributed by atoms with Crippen molar-refractivity contribution in [3.63, 3.8) is 0 Å². The van der Waals surface area contributed by atoms with Crippen LogP contribution in [0.3, 0.4) is 0 Å². The van der Waals surface area contributed by atoms with Crippen molar-refractivity contribution >= 4 is 5.69 Å². The number of halogens is 1. The van der Waals surface area contributed by atoms with E-state index in [9.17, 15) is 4.39 Å². The van der Waals surface area contributed by atoms with E-state index in [2.05, 4.69) is 11.9 Å². The SMILES string of the molecule is C=C(C)CNc1cccc(F)c1C. The molecule has 0 amide bonds. The van der Waals surface area contributed by atoms with Crippen LogP contribution in [0.25, 0.3) is 0 Å². The average molecular weight is 179 g/mol. The van der Waals surface area contributed by atoms with Crippen molar-refractivity contribution in [2.45, 2.75) is 13.8 Å². The van der Waals surface area contributed by atoms with Crippen molar-refractivity contribution in [2.24, 2.45) is 0 Å². The first-order chi connectivity index (χ1) is 6.11. The van der Waals surface area contributed by atoms with Gasteiger partial charge < -0.3 is 5.32 Å². The summed E-state index contributed by atoms with van der Waals surface area (Å²) >= 11 is 0. The van der Waals surface area contributed by atoms with Crippen molar-refractivity contribution in [1.29, 1.82) is 0 Å². The normalized spacial score (nSPS) is 9.77. The lowest BCUT2D eigenvalue weighted by Crippen LogP contribution is -2.04. The molecule has 1 N–H and O–H groups in total. The molecule has 13 heavy (non-hydrogen) atoms. The smallest absolute Gasteiger partial charge is 0.128 e. The molecule has 0 heterocycles. The van der Waals surface area contributed by atoms with Gasteiger partial charge in [0.1, 0.15) is 5.82 Å². The molecular formula is C11H14FN. The topological polar surface area (TPSA) is 12.0 Å². The van der Waals surface area contributed by atoms with Crippen LogP contribution in [0.1, 0.15) is 12.5 Å². The van der Waals surface area contributed by atoms with E-state index >= 15 is 0 Å². The standard InChI is InChI=1S/C11H14FN/c1-8(2)7-13-11-6-4-5-10(12)9(11)3/h4-6,13H,1,7H2,2-3H3. The van der Waals surface area contributed by atoms with E-state index in [0.29, 0.717) is 12.1 Å². The van der Waals surface area contributed by atoms with Gasteiger partial charge >= 0.3 is 0 Å². The highest BCUT2D eigenvalue weighted by atomic mass is 19.1. The summed E-state index contributed by atoms with van der Waals surface area (Å²) in [7, 11) is 0. The minimum atomic E-state index is -0.174. The molecular weight excluding hydrogens is 165 g/mol. The Hall–Kier alpha value is -1.31. The molecule has 0 aliphatic heterocycles. The summed E-state index contributed by atoms with van der Waals surface area (Å²) in [5.74, 6) is -0.174. The largest absolute Gasteiger partial charge is 0.381 e. The molecule has 1 aromatic carbocycles. The number of rotatable bonds is 3. The summed E-state index contributed by atoms with van der Waals surface area (Å²) in [6.07, 6.45) is 0. The fraction of sp³-hybridized carbons (Fsp3) is 0.273. The molecule has 0 saturated carbocycles. The van der Waals surface area contributed by atoms with Gasteiger partial charge in [-0.15, -0.1) is 0 Å². The summed E-state index contributed by atoms with van der Waals surface area (Å²) in [6, 6.07) is 5.02. The average Bonchev–Trinajstić information content (AvgIpc) is 2.07. The minimum absolute atomic E-state index is 0.174. The van der Waals surface area contributed by atoms with Gasteiger partial charge in [0.05, 0.1) is 0 Å². The van der Waals surface area contributed by atoms with Crippen LogP contribution >= 0.6 is 0 Å². The first-order valence-electron chi connectivity index (χ1n) is 4.24. The van der Waals surface area contributed by atoms with Gasteiger partial charge in [0.2, 0.25) is 0 Å². The zero-order chi connectivity index (χ0) is 9.84. The predicted octanol–water partition coefficient (Wildman–Crippen LogP) is 3.12. The van der Waals surface area contributed by atoms with E-state index in [1.54, 1.807) is 13.0 Å². The fourth-order valence-corrected chi connectivity index (χ4v) is 1.05. The van der Waals surface area contributed by atoms with Crippen molar-refractivity contribution in [3.8, 4) is 0 Å². The molecule has 0 spiro atoms. The molecule has 0 aromatic heterocycles. The van der Waals surface area contributed by atoms with E-state index in [0.717, 1.165) is 11.3 Å². The Balaban J connectivity index is 2.77. The lowest BCUT2D eigenvalue weighted by Gasteiger charge is -2.09. The summed E-state index contributed by atoms with van der Waals surface area (Å²) < 4.78 is 13.0. The molecule has 1 rings (SSSR count). The molecule has 1 nitrogen and oxygen atoms in total. The Kier molecular flexibility index (Phi) is 3.07. The van der Waals surface area contributed by atoms with Gasteiger partial charge in [0.25, 0.3) is 0 Å². The Morgan fingerprint density at radius 3 is 2.85 bits per heavy atom. The number of anilines is 1. The number of nitrogens with one attached hydrogen (secondary N) is 1. The predicted molar refractivity (Wildman–Crippen MR) is 54.4 cm³/mol. The Morgan fingerprint density at radius 1 is 1.54 bits per heavy atom. The summed E-state index contributed by atoms with van der Waals surface area (Å²) in [6.45, 7) is 8.14. The lowest BCUT2D eigenvalue weighted by atomic mass is 10.2. The maximum Gasteiger partial charge on any atom is 0.128 e. The molecule has 0 unspecified atom stereocenters. The van der Waals surface area contributed by atoms with Gasteiger partial charge in [-0.2, -0.15) is 0 Å². The van der Waals surface area contributed by atoms with Crippen LogP contribution in [0, 0.1) is 12.7 Å². The molecule has 0 radical (unpaired) electrons. The first-order valence-corrected chi connectivity index (χ1v) is 4.24. The second kappa shape index (κ2) is 4.08. The van der Waals surface area contributed by atoms with Gasteiger partial charge in [-0.1, -0.05) is 18.2 Å². The minimum Gasteiger partial charge on any atom is -0.381 e. The number of hydrogen-bond acceptors (Lipinski definition) is 1. The molecule has 0 atom stereocenters. The van der Waals surface area contributed by atoms with Crippen molar-refractivity contribution in [3.05, 3.63) is 41.7 Å². The van der Waals surface area contributed by atoms with Gasteiger partial charge in [0, 0.05) is 17.8 Å². The van der Waals surface area contributed by atoms with Gasteiger partial charge in [-0.25, -0.2) is 4.39 Å². The van der Waals surface area contributed by atoms with Crippen LogP contribution in [0.5, 0.6) is 0 Å². The van der Waals surface area contributed by atoms with Crippen LogP contribution in [0.4, 0.5) is 10.1 Å². The zero-order valence-corrected chi connectivity index (χ0v) is 8.02. The highest BCUT2D eigenvalue weighted by molar-refractivity contribution is 5.51. The maximum atomic E-state index is 13.0. The second-order valence-corrected chi connectivity index (χ2v) is 3.22. The highest BCUT2D eigenvalue weighted by Gasteiger charge is 2.01. The molecule has 0 bridgehead atoms. The third-order valence-electron chi connectivity index (χ3n) is 1.85. The van der Waals surface area contributed by atoms with Gasteiger partial charge in [0.15, 0.2) is 0 Å². The first kappa shape index (κ1) is 9.78. The van der Waals surface area contributed by atoms with Crippen LogP contribution in [0.2, 0.25) is 0 Å². The van der Waals surface area contributed by atoms with Crippen LogP contribution in [0.15, 0.2) is 30.4 Å². The van der Waals surface area contributed by atoms with E-state index < -0.39 is 0 Å². The summed E-state index contributed by atoms with van der Waals surface area (Å²) in [5.41, 5.74) is 2.52. The second-order valence-electron chi connectivity index (χ2n) is 3.22. The van der Waals surface area contributed by atoms with E-state index in [4.69, 9.17) is 0 Å². The van der Waals surface area contributed by atoms with E-state index in [1.165, 1.54) is 6.07 Å². The third kappa shape index (κ3) is 2.58. The molecule has 70 valence electrons. The third-order valence-corrected chi connectivity index (χ3v) is 1.85. The number of hydrogen-bond donors (Lipinski definition) is 1. The Bertz CT molecular complexity index is 318. The van der Waals surface area contributed by atoms with E-state index in [-0.39, 0.29) is 5.82 Å².